The van der Waals surface area contributed by atoms with E-state index in [1.807, 2.05) is 24.3 Å². The first-order chi connectivity index (χ1) is 15.3. The third kappa shape index (κ3) is 4.38. The van der Waals surface area contributed by atoms with Crippen molar-refractivity contribution in [1.29, 1.82) is 0 Å². The van der Waals surface area contributed by atoms with Crippen molar-refractivity contribution in [2.24, 2.45) is 15.5 Å². The molecule has 2 aromatic rings. The number of anilines is 1. The molecule has 2 heterocycles. The van der Waals surface area contributed by atoms with E-state index in [1.54, 1.807) is 38.1 Å². The van der Waals surface area contributed by atoms with Crippen molar-refractivity contribution in [3.8, 4) is 0 Å². The van der Waals surface area contributed by atoms with Gasteiger partial charge in [-0.15, -0.1) is 5.11 Å². The van der Waals surface area contributed by atoms with Crippen LogP contribution in [-0.4, -0.2) is 16.6 Å². The molecule has 0 amide bonds. The van der Waals surface area contributed by atoms with Gasteiger partial charge in [-0.3, -0.25) is 4.84 Å². The Bertz CT molecular complexity index is 1220. The highest BCUT2D eigenvalue weighted by atomic mass is 79.9. The molecule has 2 aliphatic rings. The van der Waals surface area contributed by atoms with Gasteiger partial charge >= 0.3 is 17.6 Å². The van der Waals surface area contributed by atoms with Gasteiger partial charge in [-0.05, 0) is 54.9 Å². The van der Waals surface area contributed by atoms with Crippen LogP contribution in [0.1, 0.15) is 13.8 Å². The largest absolute Gasteiger partial charge is 0.439 e. The van der Waals surface area contributed by atoms with Gasteiger partial charge in [0.15, 0.2) is 5.70 Å². The van der Waals surface area contributed by atoms with Gasteiger partial charge < -0.3 is 4.84 Å². The Kier molecular flexibility index (Phi) is 6.26. The zero-order valence-corrected chi connectivity index (χ0v) is 19.9. The number of carbonyl (C=O) groups is 2. The molecule has 1 saturated heterocycles. The Hall–Kier alpha value is -3.22. The molecule has 0 unspecified atom stereocenters. The van der Waals surface area contributed by atoms with E-state index >= 15 is 0 Å². The lowest BCUT2D eigenvalue weighted by molar-refractivity contribution is -0.464. The van der Waals surface area contributed by atoms with Gasteiger partial charge in [-0.25, -0.2) is 14.6 Å². The van der Waals surface area contributed by atoms with Crippen LogP contribution in [0.15, 0.2) is 95.8 Å². The molecule has 0 spiro atoms. The zero-order valence-electron chi connectivity index (χ0n) is 16.7. The molecule has 2 aromatic carbocycles. The Morgan fingerprint density at radius 3 is 2.19 bits per heavy atom. The summed E-state index contributed by atoms with van der Waals surface area (Å²) in [6, 6.07) is 14.4. The third-order valence-corrected chi connectivity index (χ3v) is 5.51. The van der Waals surface area contributed by atoms with Gasteiger partial charge in [0.05, 0.1) is 11.4 Å². The van der Waals surface area contributed by atoms with Crippen LogP contribution in [0, 0.1) is 0 Å². The summed E-state index contributed by atoms with van der Waals surface area (Å²) in [4.78, 5) is 34.3. The van der Waals surface area contributed by atoms with Crippen LogP contribution in [0.25, 0.3) is 0 Å². The van der Waals surface area contributed by atoms with E-state index in [9.17, 15) is 9.59 Å². The van der Waals surface area contributed by atoms with Crippen LogP contribution in [-0.2, 0) is 19.3 Å². The van der Waals surface area contributed by atoms with Gasteiger partial charge in [0.2, 0.25) is 11.0 Å². The molecule has 2 aliphatic heterocycles. The minimum absolute atomic E-state index is 0.116. The molecule has 10 nitrogen and oxygen atoms in total. The van der Waals surface area contributed by atoms with Crippen LogP contribution in [0.5, 0.6) is 0 Å². The summed E-state index contributed by atoms with van der Waals surface area (Å²) in [6.07, 6.45) is 0. The topological polar surface area (TPSA) is 108 Å². The van der Waals surface area contributed by atoms with Gasteiger partial charge in [0, 0.05) is 21.1 Å². The average Bonchev–Trinajstić information content (AvgIpc) is 3.35. The Balaban J connectivity index is 1.66. The number of benzene rings is 2. The second kappa shape index (κ2) is 9.10. The lowest BCUT2D eigenvalue weighted by Gasteiger charge is -2.15. The number of hydrogen-bond acceptors (Lipinski definition) is 9. The highest BCUT2D eigenvalue weighted by Crippen LogP contribution is 2.29. The van der Waals surface area contributed by atoms with Gasteiger partial charge in [0.25, 0.3) is 0 Å². The van der Waals surface area contributed by atoms with E-state index < -0.39 is 11.9 Å². The number of rotatable bonds is 4. The Labute approximate surface area is 199 Å². The number of hydrogen-bond donors (Lipinski definition) is 1. The maximum absolute atomic E-state index is 12.3. The molecule has 0 atom stereocenters. The van der Waals surface area contributed by atoms with Crippen molar-refractivity contribution in [3.63, 3.8) is 0 Å². The third-order valence-electron chi connectivity index (χ3n) is 4.45. The molecule has 32 heavy (non-hydrogen) atoms. The summed E-state index contributed by atoms with van der Waals surface area (Å²) < 4.78 is 3.11. The number of nitrogens with one attached hydrogen (secondary N) is 1. The summed E-state index contributed by atoms with van der Waals surface area (Å²) in [5.41, 5.74) is 4.65. The van der Waals surface area contributed by atoms with Crippen molar-refractivity contribution >= 4 is 55.2 Å². The van der Waals surface area contributed by atoms with Crippen molar-refractivity contribution in [2.75, 3.05) is 5.01 Å². The van der Waals surface area contributed by atoms with Gasteiger partial charge in [-0.2, -0.15) is 5.11 Å². The van der Waals surface area contributed by atoms with E-state index in [1.165, 1.54) is 9.71 Å². The second-order valence-corrected chi connectivity index (χ2v) is 8.44. The normalized spacial score (nSPS) is 19.2. The molecular weight excluding hydrogens is 548 g/mol. The second-order valence-electron chi connectivity index (χ2n) is 6.61. The van der Waals surface area contributed by atoms with Crippen molar-refractivity contribution in [2.45, 2.75) is 13.8 Å². The highest BCUT2D eigenvalue weighted by Gasteiger charge is 2.39. The van der Waals surface area contributed by atoms with Crippen LogP contribution in [0.2, 0.25) is 0 Å². The lowest BCUT2D eigenvalue weighted by Crippen LogP contribution is -2.29. The highest BCUT2D eigenvalue weighted by molar-refractivity contribution is 9.10. The molecule has 0 radical (unpaired) electrons. The molecule has 0 bridgehead atoms. The number of azo groups is 1. The van der Waals surface area contributed by atoms with E-state index in [-0.39, 0.29) is 22.8 Å². The molecule has 162 valence electrons. The number of allylic oxidation sites excluding steroid dienone is 2. The maximum Gasteiger partial charge on any atom is 0.439 e. The zero-order chi connectivity index (χ0) is 22.8. The fraction of sp³-hybridized carbons (Fsp3) is 0.100. The van der Waals surface area contributed by atoms with Crippen LogP contribution < -0.4 is 10.6 Å². The molecule has 0 aromatic heterocycles. The monoisotopic (exact) mass is 561 g/mol. The summed E-state index contributed by atoms with van der Waals surface area (Å²) in [5.74, 6) is -1.27. The van der Waals surface area contributed by atoms with Crippen molar-refractivity contribution < 1.29 is 24.0 Å². The lowest BCUT2D eigenvalue weighted by atomic mass is 10.2. The van der Waals surface area contributed by atoms with Crippen LogP contribution in [0.4, 0.5) is 11.4 Å². The van der Waals surface area contributed by atoms with Crippen LogP contribution >= 0.6 is 31.9 Å². The first-order valence-corrected chi connectivity index (χ1v) is 10.8. The molecule has 12 heteroatoms. The maximum atomic E-state index is 12.3. The average molecular weight is 563 g/mol. The van der Waals surface area contributed by atoms with Gasteiger partial charge in [-0.1, -0.05) is 37.4 Å². The number of nitrogens with zero attached hydrogens (tertiary/aromatic N) is 5. The molecule has 0 aliphatic carbocycles. The fourth-order valence-electron chi connectivity index (χ4n) is 2.91. The molecule has 1 N–H and O–H groups in total. The van der Waals surface area contributed by atoms with E-state index in [2.05, 4.69) is 53.0 Å². The fourth-order valence-corrected chi connectivity index (χ4v) is 3.44. The summed E-state index contributed by atoms with van der Waals surface area (Å²) in [6.45, 7) is 3.21. The van der Waals surface area contributed by atoms with Crippen LogP contribution in [0.3, 0.4) is 0 Å². The predicted octanol–water partition coefficient (Wildman–Crippen LogP) is 5.18. The Morgan fingerprint density at radius 2 is 1.53 bits per heavy atom. The SMILES string of the molecule is CC(/N=N/C(C)=C1\C(=O)ON=[N+]1c1ccc(Br)cc1)=C1\C(=O)ONN1c1ccc(Br)cc1. The number of halogens is 2. The van der Waals surface area contributed by atoms with E-state index in [0.717, 1.165) is 8.95 Å². The molecular formula is C20H15Br2N6O4+. The minimum atomic E-state index is -0.659. The van der Waals surface area contributed by atoms with Crippen molar-refractivity contribution in [1.82, 2.24) is 5.59 Å². The minimum Gasteiger partial charge on any atom is -0.345 e. The quantitative estimate of drug-likeness (QED) is 0.312. The van der Waals surface area contributed by atoms with E-state index in [4.69, 9.17) is 9.68 Å². The smallest absolute Gasteiger partial charge is 0.345 e. The first kappa shape index (κ1) is 22.0. The first-order valence-electron chi connectivity index (χ1n) is 9.19. The predicted molar refractivity (Wildman–Crippen MR) is 119 cm³/mol. The molecule has 0 saturated carbocycles. The number of carbonyl (C=O) groups excluding carboxylic acids is 2. The van der Waals surface area contributed by atoms with Gasteiger partial charge in [0.1, 0.15) is 5.70 Å². The summed E-state index contributed by atoms with van der Waals surface area (Å²) in [5, 5.41) is 13.5. The molecule has 4 rings (SSSR count). The molecule has 1 fully saturated rings. The van der Waals surface area contributed by atoms with Crippen molar-refractivity contribution in [3.05, 3.63) is 80.3 Å². The standard InChI is InChI=1S/C20H15Br2N6O4/c1-11(17-19(29)31-25-27(17)15-7-3-13(21)4-8-15)23-24-12(2)18-20(30)32-26-28(18)16-9-5-14(22)6-10-16/h3-10,25H,1-2H3/q+1/b17-11-,18-12+,24-23+. The van der Waals surface area contributed by atoms with E-state index in [0.29, 0.717) is 11.4 Å². The summed E-state index contributed by atoms with van der Waals surface area (Å²) >= 11 is 6.74. The summed E-state index contributed by atoms with van der Waals surface area (Å²) in [7, 11) is 0. The Morgan fingerprint density at radius 1 is 0.938 bits per heavy atom. The number of hydrazine groups is 1.